The number of hydrogen-bond acceptors (Lipinski definition) is 4. The van der Waals surface area contributed by atoms with Gasteiger partial charge in [-0.05, 0) is 37.9 Å². The number of benzene rings is 1. The lowest BCUT2D eigenvalue weighted by Crippen LogP contribution is -2.30. The van der Waals surface area contributed by atoms with Crippen LogP contribution in [0.4, 0.5) is 5.69 Å². The van der Waals surface area contributed by atoms with Gasteiger partial charge >= 0.3 is 0 Å². The molecule has 0 unspecified atom stereocenters. The second-order valence-electron chi connectivity index (χ2n) is 5.13. The first kappa shape index (κ1) is 18.9. The second-order valence-corrected chi connectivity index (χ2v) is 5.54. The number of amides is 1. The van der Waals surface area contributed by atoms with E-state index >= 15 is 0 Å². The van der Waals surface area contributed by atoms with Gasteiger partial charge in [0.25, 0.3) is 0 Å². The van der Waals surface area contributed by atoms with Gasteiger partial charge in [-0.2, -0.15) is 0 Å². The SMILES string of the molecule is COc1cc(OC)c(NC(=O)CC2CCNCC2)cc1Cl.Cl. The summed E-state index contributed by atoms with van der Waals surface area (Å²) in [5.41, 5.74) is 0.572. The van der Waals surface area contributed by atoms with Crippen LogP contribution in [0.3, 0.4) is 0 Å². The van der Waals surface area contributed by atoms with E-state index in [9.17, 15) is 4.79 Å². The molecule has 1 heterocycles. The normalized spacial score (nSPS) is 14.9. The summed E-state index contributed by atoms with van der Waals surface area (Å²) in [7, 11) is 3.08. The van der Waals surface area contributed by atoms with E-state index < -0.39 is 0 Å². The van der Waals surface area contributed by atoms with Gasteiger partial charge in [0.1, 0.15) is 11.5 Å². The third-order valence-electron chi connectivity index (χ3n) is 3.68. The zero-order valence-electron chi connectivity index (χ0n) is 12.8. The molecule has 2 rings (SSSR count). The van der Waals surface area contributed by atoms with Crippen molar-refractivity contribution in [3.05, 3.63) is 17.2 Å². The van der Waals surface area contributed by atoms with Gasteiger partial charge in [0.05, 0.1) is 24.9 Å². The van der Waals surface area contributed by atoms with Crippen LogP contribution < -0.4 is 20.1 Å². The molecule has 1 aromatic rings. The lowest BCUT2D eigenvalue weighted by molar-refractivity contribution is -0.117. The summed E-state index contributed by atoms with van der Waals surface area (Å²) in [5, 5.41) is 6.61. The number of rotatable bonds is 5. The maximum Gasteiger partial charge on any atom is 0.224 e. The first-order chi connectivity index (χ1) is 10.1. The lowest BCUT2D eigenvalue weighted by Gasteiger charge is -2.22. The van der Waals surface area contributed by atoms with Crippen molar-refractivity contribution in [2.24, 2.45) is 5.92 Å². The number of nitrogens with one attached hydrogen (secondary N) is 2. The van der Waals surface area contributed by atoms with E-state index in [-0.39, 0.29) is 18.3 Å². The molecule has 1 aliphatic rings. The minimum absolute atomic E-state index is 0. The number of ether oxygens (including phenoxy) is 2. The van der Waals surface area contributed by atoms with Crippen LogP contribution in [0.25, 0.3) is 0 Å². The summed E-state index contributed by atoms with van der Waals surface area (Å²) in [5.74, 6) is 1.48. The lowest BCUT2D eigenvalue weighted by atomic mass is 9.94. The average molecular weight is 349 g/mol. The van der Waals surface area contributed by atoms with E-state index in [1.165, 1.54) is 7.11 Å². The van der Waals surface area contributed by atoms with Crippen molar-refractivity contribution in [3.63, 3.8) is 0 Å². The first-order valence-electron chi connectivity index (χ1n) is 7.06. The number of hydrogen-bond donors (Lipinski definition) is 2. The van der Waals surface area contributed by atoms with Crippen LogP contribution in [0.5, 0.6) is 11.5 Å². The summed E-state index contributed by atoms with van der Waals surface area (Å²) in [6, 6.07) is 3.32. The van der Waals surface area contributed by atoms with Gasteiger partial charge in [0.15, 0.2) is 0 Å². The fraction of sp³-hybridized carbons (Fsp3) is 0.533. The van der Waals surface area contributed by atoms with Gasteiger partial charge in [-0.1, -0.05) is 11.6 Å². The number of carbonyl (C=O) groups is 1. The molecule has 124 valence electrons. The minimum Gasteiger partial charge on any atom is -0.495 e. The Labute approximate surface area is 142 Å². The van der Waals surface area contributed by atoms with Crippen LogP contribution in [0, 0.1) is 5.92 Å². The molecule has 1 aromatic carbocycles. The zero-order valence-corrected chi connectivity index (χ0v) is 14.4. The van der Waals surface area contributed by atoms with Crippen LogP contribution in [0.1, 0.15) is 19.3 Å². The van der Waals surface area contributed by atoms with Gasteiger partial charge in [-0.25, -0.2) is 0 Å². The molecular weight excluding hydrogens is 327 g/mol. The van der Waals surface area contributed by atoms with Crippen LogP contribution >= 0.6 is 24.0 Å². The number of piperidine rings is 1. The summed E-state index contributed by atoms with van der Waals surface area (Å²) >= 11 is 6.09. The van der Waals surface area contributed by atoms with Crippen molar-refractivity contribution >= 4 is 35.6 Å². The number of halogens is 2. The predicted octanol–water partition coefficient (Wildman–Crippen LogP) is 3.11. The van der Waals surface area contributed by atoms with Crippen LogP contribution in [0.15, 0.2) is 12.1 Å². The van der Waals surface area contributed by atoms with Crippen molar-refractivity contribution in [2.75, 3.05) is 32.6 Å². The molecule has 0 radical (unpaired) electrons. The van der Waals surface area contributed by atoms with Crippen molar-refractivity contribution < 1.29 is 14.3 Å². The Morgan fingerprint density at radius 2 is 1.91 bits per heavy atom. The Hall–Kier alpha value is -1.17. The minimum atomic E-state index is -0.0126. The quantitative estimate of drug-likeness (QED) is 0.858. The molecule has 0 spiro atoms. The summed E-state index contributed by atoms with van der Waals surface area (Å²) < 4.78 is 10.4. The van der Waals surface area contributed by atoms with E-state index in [0.717, 1.165) is 25.9 Å². The molecular formula is C15H22Cl2N2O3. The van der Waals surface area contributed by atoms with Crippen LogP contribution in [-0.2, 0) is 4.79 Å². The van der Waals surface area contributed by atoms with Gasteiger partial charge in [-0.3, -0.25) is 4.79 Å². The van der Waals surface area contributed by atoms with Crippen LogP contribution in [-0.4, -0.2) is 33.2 Å². The summed E-state index contributed by atoms with van der Waals surface area (Å²) in [6.07, 6.45) is 2.59. The first-order valence-corrected chi connectivity index (χ1v) is 7.44. The molecule has 1 saturated heterocycles. The third-order valence-corrected chi connectivity index (χ3v) is 3.98. The highest BCUT2D eigenvalue weighted by Gasteiger charge is 2.18. The molecule has 1 aliphatic heterocycles. The summed E-state index contributed by atoms with van der Waals surface area (Å²) in [4.78, 5) is 12.2. The molecule has 2 N–H and O–H groups in total. The zero-order chi connectivity index (χ0) is 15.2. The molecule has 0 atom stereocenters. The van der Waals surface area contributed by atoms with E-state index in [4.69, 9.17) is 21.1 Å². The average Bonchev–Trinajstić information content (AvgIpc) is 2.48. The Morgan fingerprint density at radius 3 is 2.50 bits per heavy atom. The largest absolute Gasteiger partial charge is 0.495 e. The van der Waals surface area contributed by atoms with E-state index in [1.54, 1.807) is 19.2 Å². The highest BCUT2D eigenvalue weighted by atomic mass is 35.5. The van der Waals surface area contributed by atoms with E-state index in [1.807, 2.05) is 0 Å². The molecule has 0 aromatic heterocycles. The maximum absolute atomic E-state index is 12.2. The van der Waals surface area contributed by atoms with Gasteiger partial charge in [-0.15, -0.1) is 12.4 Å². The van der Waals surface area contributed by atoms with Crippen molar-refractivity contribution in [1.82, 2.24) is 5.32 Å². The molecule has 7 heteroatoms. The van der Waals surface area contributed by atoms with Crippen molar-refractivity contribution in [3.8, 4) is 11.5 Å². The van der Waals surface area contributed by atoms with E-state index in [0.29, 0.717) is 34.5 Å². The summed E-state index contributed by atoms with van der Waals surface area (Å²) in [6.45, 7) is 1.96. The van der Waals surface area contributed by atoms with Gasteiger partial charge in [0.2, 0.25) is 5.91 Å². The molecule has 1 fully saturated rings. The van der Waals surface area contributed by atoms with Crippen molar-refractivity contribution in [2.45, 2.75) is 19.3 Å². The monoisotopic (exact) mass is 348 g/mol. The molecule has 1 amide bonds. The third kappa shape index (κ3) is 4.93. The Balaban J connectivity index is 0.00000242. The molecule has 0 saturated carbocycles. The predicted molar refractivity (Wildman–Crippen MR) is 90.6 cm³/mol. The second kappa shape index (κ2) is 9.08. The molecule has 0 bridgehead atoms. The number of methoxy groups -OCH3 is 2. The van der Waals surface area contributed by atoms with Gasteiger partial charge in [0, 0.05) is 12.5 Å². The molecule has 22 heavy (non-hydrogen) atoms. The fourth-order valence-electron chi connectivity index (χ4n) is 2.51. The van der Waals surface area contributed by atoms with E-state index in [2.05, 4.69) is 10.6 Å². The fourth-order valence-corrected chi connectivity index (χ4v) is 2.75. The highest BCUT2D eigenvalue weighted by Crippen LogP contribution is 2.36. The topological polar surface area (TPSA) is 59.6 Å². The maximum atomic E-state index is 12.2. The molecule has 5 nitrogen and oxygen atoms in total. The molecule has 0 aliphatic carbocycles. The number of anilines is 1. The van der Waals surface area contributed by atoms with Gasteiger partial charge < -0.3 is 20.1 Å². The Kier molecular flexibility index (Phi) is 7.79. The van der Waals surface area contributed by atoms with Crippen molar-refractivity contribution in [1.29, 1.82) is 0 Å². The van der Waals surface area contributed by atoms with Crippen LogP contribution in [0.2, 0.25) is 5.02 Å². The Bertz CT molecular complexity index is 506. The standard InChI is InChI=1S/C15H21ClN2O3.ClH/c1-20-13-9-14(21-2)12(8-11(13)16)18-15(19)7-10-3-5-17-6-4-10;/h8-10,17H,3-7H2,1-2H3,(H,18,19);1H. The smallest absolute Gasteiger partial charge is 0.224 e. The highest BCUT2D eigenvalue weighted by molar-refractivity contribution is 6.32. The Morgan fingerprint density at radius 1 is 1.27 bits per heavy atom. The number of carbonyl (C=O) groups excluding carboxylic acids is 1.